The van der Waals surface area contributed by atoms with Gasteiger partial charge in [0.15, 0.2) is 5.65 Å². The third-order valence-electron chi connectivity index (χ3n) is 3.13. The minimum absolute atomic E-state index is 0.369. The van der Waals surface area contributed by atoms with Crippen molar-refractivity contribution in [1.82, 2.24) is 19.8 Å². The van der Waals surface area contributed by atoms with Crippen LogP contribution >= 0.6 is 0 Å². The van der Waals surface area contributed by atoms with Gasteiger partial charge < -0.3 is 4.90 Å². The number of hydrogen-bond donors (Lipinski definition) is 1. The van der Waals surface area contributed by atoms with E-state index in [4.69, 9.17) is 5.26 Å². The van der Waals surface area contributed by atoms with Gasteiger partial charge >= 0.3 is 5.69 Å². The third-order valence-corrected chi connectivity index (χ3v) is 3.13. The Bertz CT molecular complexity index is 888. The van der Waals surface area contributed by atoms with Gasteiger partial charge in [0, 0.05) is 13.6 Å². The van der Waals surface area contributed by atoms with E-state index in [0.717, 1.165) is 5.56 Å². The molecule has 0 radical (unpaired) electrons. The van der Waals surface area contributed by atoms with Gasteiger partial charge in [-0.1, -0.05) is 12.1 Å². The average Bonchev–Trinajstić information content (AvgIpc) is 2.88. The summed E-state index contributed by atoms with van der Waals surface area (Å²) in [6, 6.07) is 13.0. The van der Waals surface area contributed by atoms with Crippen molar-refractivity contribution in [3.05, 3.63) is 58.0 Å². The zero-order valence-electron chi connectivity index (χ0n) is 11.3. The fourth-order valence-electron chi connectivity index (χ4n) is 2.09. The first-order valence-electron chi connectivity index (χ1n) is 6.32. The molecule has 0 aliphatic carbocycles. The first-order valence-corrected chi connectivity index (χ1v) is 6.32. The van der Waals surface area contributed by atoms with E-state index in [1.165, 1.54) is 4.52 Å². The summed E-state index contributed by atoms with van der Waals surface area (Å²) >= 11 is 0. The molecule has 0 amide bonds. The molecule has 0 aliphatic heterocycles. The van der Waals surface area contributed by atoms with Crippen molar-refractivity contribution in [2.24, 2.45) is 0 Å². The van der Waals surface area contributed by atoms with E-state index >= 15 is 0 Å². The van der Waals surface area contributed by atoms with Gasteiger partial charge in [-0.25, -0.2) is 9.89 Å². The van der Waals surface area contributed by atoms with E-state index in [0.29, 0.717) is 23.6 Å². The molecule has 21 heavy (non-hydrogen) atoms. The van der Waals surface area contributed by atoms with Crippen molar-refractivity contribution in [3.8, 4) is 6.07 Å². The zero-order valence-corrected chi connectivity index (χ0v) is 11.3. The number of benzene rings is 1. The Hall–Kier alpha value is -3.14. The second kappa shape index (κ2) is 5.09. The lowest BCUT2D eigenvalue weighted by Crippen LogP contribution is -2.21. The summed E-state index contributed by atoms with van der Waals surface area (Å²) in [4.78, 5) is 13.4. The molecule has 3 rings (SSSR count). The second-order valence-corrected chi connectivity index (χ2v) is 4.66. The van der Waals surface area contributed by atoms with Crippen LogP contribution in [0.1, 0.15) is 11.1 Å². The van der Waals surface area contributed by atoms with Crippen LogP contribution in [0.2, 0.25) is 0 Å². The monoisotopic (exact) mass is 280 g/mol. The van der Waals surface area contributed by atoms with Gasteiger partial charge in [0.1, 0.15) is 5.82 Å². The predicted molar refractivity (Wildman–Crippen MR) is 76.9 cm³/mol. The van der Waals surface area contributed by atoms with E-state index in [9.17, 15) is 4.79 Å². The van der Waals surface area contributed by atoms with E-state index in [1.807, 2.05) is 30.1 Å². The van der Waals surface area contributed by atoms with Crippen LogP contribution in [-0.2, 0) is 6.54 Å². The summed E-state index contributed by atoms with van der Waals surface area (Å²) in [7, 11) is 1.87. The fraction of sp³-hybridized carbons (Fsp3) is 0.143. The Morgan fingerprint density at radius 1 is 1.38 bits per heavy atom. The smallest absolute Gasteiger partial charge is 0.354 e. The number of nitrogens with zero attached hydrogens (tertiary/aromatic N) is 5. The Morgan fingerprint density at radius 2 is 2.24 bits per heavy atom. The SMILES string of the molecule is CN(Cc1cccc(C#N)c1)c1ccc2n[nH]c(=O)n2n1. The van der Waals surface area contributed by atoms with E-state index in [-0.39, 0.29) is 5.69 Å². The van der Waals surface area contributed by atoms with Crippen LogP contribution in [0.15, 0.2) is 41.2 Å². The largest absolute Gasteiger partial charge is 0.364 e. The lowest BCUT2D eigenvalue weighted by molar-refractivity contribution is 0.820. The maximum absolute atomic E-state index is 11.5. The number of hydrogen-bond acceptors (Lipinski definition) is 5. The van der Waals surface area contributed by atoms with Crippen LogP contribution in [0, 0.1) is 11.3 Å². The zero-order chi connectivity index (χ0) is 14.8. The van der Waals surface area contributed by atoms with Crippen molar-refractivity contribution < 1.29 is 0 Å². The molecule has 7 heteroatoms. The molecule has 7 nitrogen and oxygen atoms in total. The summed E-state index contributed by atoms with van der Waals surface area (Å²) in [5.41, 5.74) is 1.73. The molecule has 2 aromatic heterocycles. The standard InChI is InChI=1S/C14H12N6O/c1-19(9-11-4-2-3-10(7-11)8-15)13-6-5-12-16-17-14(21)20(12)18-13/h2-7H,9H2,1H3,(H,17,21). The molecule has 104 valence electrons. The van der Waals surface area contributed by atoms with Crippen molar-refractivity contribution in [2.45, 2.75) is 6.54 Å². The summed E-state index contributed by atoms with van der Waals surface area (Å²) in [5.74, 6) is 0.647. The van der Waals surface area contributed by atoms with E-state index < -0.39 is 0 Å². The van der Waals surface area contributed by atoms with Crippen LogP contribution in [0.3, 0.4) is 0 Å². The Morgan fingerprint density at radius 3 is 3.05 bits per heavy atom. The highest BCUT2D eigenvalue weighted by Gasteiger charge is 2.07. The summed E-state index contributed by atoms with van der Waals surface area (Å²) in [5, 5.41) is 19.3. The molecule has 0 saturated heterocycles. The minimum atomic E-state index is -0.369. The number of fused-ring (bicyclic) bond motifs is 1. The van der Waals surface area contributed by atoms with Crippen LogP contribution in [0.4, 0.5) is 5.82 Å². The maximum atomic E-state index is 11.5. The number of H-pyrrole nitrogens is 1. The molecule has 0 spiro atoms. The van der Waals surface area contributed by atoms with Gasteiger partial charge in [-0.05, 0) is 29.8 Å². The molecule has 0 atom stereocenters. The molecule has 0 saturated carbocycles. The average molecular weight is 280 g/mol. The second-order valence-electron chi connectivity index (χ2n) is 4.66. The van der Waals surface area contributed by atoms with E-state index in [2.05, 4.69) is 21.4 Å². The van der Waals surface area contributed by atoms with Crippen LogP contribution in [0.25, 0.3) is 5.65 Å². The molecule has 0 fully saturated rings. The van der Waals surface area contributed by atoms with Crippen LogP contribution in [0.5, 0.6) is 0 Å². The normalized spacial score (nSPS) is 10.5. The number of rotatable bonds is 3. The van der Waals surface area contributed by atoms with Gasteiger partial charge in [0.05, 0.1) is 11.6 Å². The molecule has 0 aliphatic rings. The van der Waals surface area contributed by atoms with Gasteiger partial charge in [-0.3, -0.25) is 0 Å². The molecule has 3 aromatic rings. The Labute approximate surface area is 120 Å². The number of anilines is 1. The number of aromatic amines is 1. The van der Waals surface area contributed by atoms with Crippen LogP contribution in [-0.4, -0.2) is 26.9 Å². The Kier molecular flexibility index (Phi) is 3.12. The highest BCUT2D eigenvalue weighted by atomic mass is 16.2. The summed E-state index contributed by atoms with van der Waals surface area (Å²) in [6.45, 7) is 0.584. The first-order chi connectivity index (χ1) is 10.2. The van der Waals surface area contributed by atoms with Crippen LogP contribution < -0.4 is 10.6 Å². The molecular formula is C14H12N6O. The number of aromatic nitrogens is 4. The van der Waals surface area contributed by atoms with Gasteiger partial charge in [0.25, 0.3) is 0 Å². The highest BCUT2D eigenvalue weighted by Crippen LogP contribution is 2.13. The van der Waals surface area contributed by atoms with Gasteiger partial charge in [0.2, 0.25) is 0 Å². The van der Waals surface area contributed by atoms with Crippen molar-refractivity contribution in [3.63, 3.8) is 0 Å². The van der Waals surface area contributed by atoms with Crippen molar-refractivity contribution in [1.29, 1.82) is 5.26 Å². The highest BCUT2D eigenvalue weighted by molar-refractivity contribution is 5.45. The topological polar surface area (TPSA) is 90.1 Å². The number of nitriles is 1. The minimum Gasteiger partial charge on any atom is -0.354 e. The lowest BCUT2D eigenvalue weighted by Gasteiger charge is -2.17. The summed E-state index contributed by atoms with van der Waals surface area (Å²) in [6.07, 6.45) is 0. The Balaban J connectivity index is 1.89. The van der Waals surface area contributed by atoms with Crippen molar-refractivity contribution in [2.75, 3.05) is 11.9 Å². The molecule has 1 N–H and O–H groups in total. The molecule has 0 unspecified atom stereocenters. The number of nitrogens with one attached hydrogen (secondary N) is 1. The molecule has 0 bridgehead atoms. The fourth-order valence-corrected chi connectivity index (χ4v) is 2.09. The first kappa shape index (κ1) is 12.9. The molecular weight excluding hydrogens is 268 g/mol. The van der Waals surface area contributed by atoms with Gasteiger partial charge in [-0.2, -0.15) is 14.9 Å². The molecule has 2 heterocycles. The lowest BCUT2D eigenvalue weighted by atomic mass is 10.1. The summed E-state index contributed by atoms with van der Waals surface area (Å²) < 4.78 is 1.22. The van der Waals surface area contributed by atoms with Gasteiger partial charge in [-0.15, -0.1) is 5.10 Å². The van der Waals surface area contributed by atoms with Crippen molar-refractivity contribution >= 4 is 11.5 Å². The predicted octanol–water partition coefficient (Wildman–Crippen LogP) is 0.926. The van der Waals surface area contributed by atoms with E-state index in [1.54, 1.807) is 18.2 Å². The quantitative estimate of drug-likeness (QED) is 0.770. The third kappa shape index (κ3) is 2.47. The molecule has 1 aromatic carbocycles. The maximum Gasteiger partial charge on any atom is 0.364 e.